The lowest BCUT2D eigenvalue weighted by Gasteiger charge is -2.01. The molecule has 0 saturated carbocycles. The summed E-state index contributed by atoms with van der Waals surface area (Å²) in [5, 5.41) is 7.99. The van der Waals surface area contributed by atoms with Crippen LogP contribution in [0.1, 0.15) is 19.8 Å². The van der Waals surface area contributed by atoms with Crippen molar-refractivity contribution >= 4 is 68.7 Å². The predicted octanol–water partition coefficient (Wildman–Crippen LogP) is 1.43. The molecule has 0 radical (unpaired) electrons. The number of halogens is 2. The van der Waals surface area contributed by atoms with E-state index in [2.05, 4.69) is 27.3 Å². The van der Waals surface area contributed by atoms with E-state index in [1.807, 2.05) is 22.6 Å². The molecule has 9 heteroatoms. The average Bonchev–Trinajstić information content (AvgIpc) is 2.39. The molecule has 1 N–H and O–H groups in total. The topological polar surface area (TPSA) is 107 Å². The third kappa shape index (κ3) is 19.7. The van der Waals surface area contributed by atoms with Crippen LogP contribution in [0.15, 0.2) is 0 Å². The number of carboxylic acids is 1. The van der Waals surface area contributed by atoms with E-state index in [1.54, 1.807) is 6.92 Å². The molecule has 0 aromatic rings. The minimum atomic E-state index is -1.05. The fourth-order valence-electron chi connectivity index (χ4n) is 0.881. The van der Waals surface area contributed by atoms with Crippen molar-refractivity contribution < 1.29 is 33.8 Å². The van der Waals surface area contributed by atoms with Crippen LogP contribution in [0.25, 0.3) is 0 Å². The van der Waals surface area contributed by atoms with Crippen molar-refractivity contribution in [2.45, 2.75) is 19.8 Å². The molecule has 0 aliphatic rings. The van der Waals surface area contributed by atoms with Gasteiger partial charge in [0.1, 0.15) is 19.4 Å². The Balaban J connectivity index is 0. The highest BCUT2D eigenvalue weighted by molar-refractivity contribution is 14.1. The van der Waals surface area contributed by atoms with Gasteiger partial charge in [-0.25, -0.2) is 0 Å². The molecule has 0 heterocycles. The highest BCUT2D eigenvalue weighted by atomic mass is 127. The Morgan fingerprint density at radius 2 is 1.67 bits per heavy atom. The summed E-state index contributed by atoms with van der Waals surface area (Å²) in [7, 11) is 0. The number of alkyl halides is 2. The van der Waals surface area contributed by atoms with E-state index < -0.39 is 11.9 Å². The van der Waals surface area contributed by atoms with Crippen LogP contribution in [-0.2, 0) is 28.7 Å². The lowest BCUT2D eigenvalue weighted by atomic mass is 10.3. The Labute approximate surface area is 150 Å². The molecule has 0 aliphatic carbocycles. The van der Waals surface area contributed by atoms with E-state index in [1.165, 1.54) is 0 Å². The number of esters is 1. The van der Waals surface area contributed by atoms with Gasteiger partial charge in [-0.2, -0.15) is 0 Å². The largest absolute Gasteiger partial charge is 0.481 e. The summed E-state index contributed by atoms with van der Waals surface area (Å²) in [5.41, 5.74) is 0. The van der Waals surface area contributed by atoms with Gasteiger partial charge in [0.25, 0.3) is 0 Å². The Kier molecular flexibility index (Phi) is 17.6. The summed E-state index contributed by atoms with van der Waals surface area (Å²) in [6, 6.07) is 0. The highest BCUT2D eigenvalue weighted by Gasteiger charge is 2.09. The maximum atomic E-state index is 11.0. The maximum absolute atomic E-state index is 11.0. The van der Waals surface area contributed by atoms with Gasteiger partial charge in [-0.1, -0.05) is 45.2 Å². The van der Waals surface area contributed by atoms with Gasteiger partial charge >= 0.3 is 11.9 Å². The SMILES string of the molecule is CCOC(=O)CC(=O)COCCI.O=C(O)CC(=O)CI. The van der Waals surface area contributed by atoms with E-state index in [0.29, 0.717) is 13.2 Å². The third-order valence-corrected chi connectivity index (χ3v) is 2.92. The van der Waals surface area contributed by atoms with Crippen LogP contribution in [0.2, 0.25) is 0 Å². The van der Waals surface area contributed by atoms with Crippen LogP contribution in [0.3, 0.4) is 0 Å². The predicted molar refractivity (Wildman–Crippen MR) is 92.1 cm³/mol. The minimum absolute atomic E-state index is 0.00180. The van der Waals surface area contributed by atoms with Gasteiger partial charge in [-0.05, 0) is 6.92 Å². The lowest BCUT2D eigenvalue weighted by molar-refractivity contribution is -0.146. The Morgan fingerprint density at radius 1 is 1.05 bits per heavy atom. The molecule has 0 unspecified atom stereocenters. The molecule has 21 heavy (non-hydrogen) atoms. The van der Waals surface area contributed by atoms with Crippen molar-refractivity contribution in [2.75, 3.05) is 28.7 Å². The first kappa shape index (κ1) is 23.0. The zero-order valence-corrected chi connectivity index (χ0v) is 15.9. The first-order valence-electron chi connectivity index (χ1n) is 5.97. The first-order valence-corrected chi connectivity index (χ1v) is 9.02. The van der Waals surface area contributed by atoms with E-state index in [-0.39, 0.29) is 35.4 Å². The number of ketones is 2. The van der Waals surface area contributed by atoms with Crippen molar-refractivity contribution in [2.24, 2.45) is 0 Å². The second-order valence-corrected chi connectivity index (χ2v) is 5.35. The van der Waals surface area contributed by atoms with E-state index in [4.69, 9.17) is 9.84 Å². The zero-order chi connectivity index (χ0) is 16.7. The number of carboxylic acid groups (broad SMARTS) is 1. The summed E-state index contributed by atoms with van der Waals surface area (Å²) in [4.78, 5) is 41.7. The van der Waals surface area contributed by atoms with Gasteiger partial charge in [0, 0.05) is 4.43 Å². The molecule has 0 amide bonds. The molecule has 0 aliphatic heterocycles. The fraction of sp³-hybridized carbons (Fsp3) is 0.667. The van der Waals surface area contributed by atoms with Gasteiger partial charge < -0.3 is 14.6 Å². The molecular weight excluding hydrogens is 510 g/mol. The molecule has 0 saturated heterocycles. The standard InChI is InChI=1S/C8H13IO4.C4H5IO3/c1-2-13-8(11)5-7(10)6-12-4-3-9;5-2-3(6)1-4(7)8/h2-6H2,1H3;1-2H2,(H,7,8). The molecule has 0 bridgehead atoms. The van der Waals surface area contributed by atoms with Crippen LogP contribution >= 0.6 is 45.2 Å². The number of ether oxygens (including phenoxy) is 2. The van der Waals surface area contributed by atoms with Crippen LogP contribution in [0, 0.1) is 0 Å². The number of aliphatic carboxylic acids is 1. The quantitative estimate of drug-likeness (QED) is 0.150. The number of rotatable bonds is 10. The normalized spacial score (nSPS) is 9.29. The van der Waals surface area contributed by atoms with Crippen LogP contribution in [-0.4, -0.2) is 57.3 Å². The molecule has 0 fully saturated rings. The van der Waals surface area contributed by atoms with Gasteiger partial charge in [0.05, 0.1) is 17.6 Å². The number of Topliss-reactive ketones (excluding diaryl/α,β-unsaturated/α-hetero) is 2. The Morgan fingerprint density at radius 3 is 2.05 bits per heavy atom. The summed E-state index contributed by atoms with van der Waals surface area (Å²) in [5.74, 6) is -2.00. The van der Waals surface area contributed by atoms with Crippen molar-refractivity contribution in [3.63, 3.8) is 0 Å². The molecule has 122 valence electrons. The van der Waals surface area contributed by atoms with Gasteiger partial charge in [0.2, 0.25) is 0 Å². The van der Waals surface area contributed by atoms with E-state index in [0.717, 1.165) is 4.43 Å². The van der Waals surface area contributed by atoms with Gasteiger partial charge in [-0.15, -0.1) is 0 Å². The van der Waals surface area contributed by atoms with Gasteiger partial charge in [-0.3, -0.25) is 19.2 Å². The molecule has 0 aromatic heterocycles. The monoisotopic (exact) mass is 528 g/mol. The van der Waals surface area contributed by atoms with Crippen LogP contribution in [0.5, 0.6) is 0 Å². The van der Waals surface area contributed by atoms with Crippen molar-refractivity contribution in [1.29, 1.82) is 0 Å². The summed E-state index contributed by atoms with van der Waals surface area (Å²) >= 11 is 3.98. The van der Waals surface area contributed by atoms with Crippen molar-refractivity contribution in [3.05, 3.63) is 0 Å². The number of carbonyl (C=O) groups excluding carboxylic acids is 3. The van der Waals surface area contributed by atoms with Crippen molar-refractivity contribution in [3.8, 4) is 0 Å². The number of carbonyl (C=O) groups is 4. The maximum Gasteiger partial charge on any atom is 0.313 e. The first-order chi connectivity index (χ1) is 9.87. The average molecular weight is 528 g/mol. The second-order valence-electron chi connectivity index (χ2n) is 3.50. The Hall–Kier alpha value is -0.300. The summed E-state index contributed by atoms with van der Waals surface area (Å²) in [6.07, 6.45) is -0.530. The molecule has 0 spiro atoms. The van der Waals surface area contributed by atoms with Gasteiger partial charge in [0.15, 0.2) is 11.6 Å². The smallest absolute Gasteiger partial charge is 0.313 e. The molecule has 0 aromatic carbocycles. The summed E-state index contributed by atoms with van der Waals surface area (Å²) < 4.78 is 10.7. The molecular formula is C12H18I2O7. The zero-order valence-electron chi connectivity index (χ0n) is 11.6. The fourth-order valence-corrected chi connectivity index (χ4v) is 1.46. The molecule has 0 atom stereocenters. The number of hydrogen-bond acceptors (Lipinski definition) is 6. The minimum Gasteiger partial charge on any atom is -0.481 e. The molecule has 0 rings (SSSR count). The van der Waals surface area contributed by atoms with Crippen molar-refractivity contribution in [1.82, 2.24) is 0 Å². The summed E-state index contributed by atoms with van der Waals surface area (Å²) in [6.45, 7) is 2.55. The Bertz CT molecular complexity index is 344. The molecule has 7 nitrogen and oxygen atoms in total. The van der Waals surface area contributed by atoms with E-state index in [9.17, 15) is 19.2 Å². The third-order valence-electron chi connectivity index (χ3n) is 1.63. The van der Waals surface area contributed by atoms with Crippen LogP contribution in [0.4, 0.5) is 0 Å². The second kappa shape index (κ2) is 16.1. The van der Waals surface area contributed by atoms with Crippen LogP contribution < -0.4 is 0 Å². The van der Waals surface area contributed by atoms with E-state index >= 15 is 0 Å². The number of hydrogen-bond donors (Lipinski definition) is 1. The highest BCUT2D eigenvalue weighted by Crippen LogP contribution is 1.91. The lowest BCUT2D eigenvalue weighted by Crippen LogP contribution is -2.16.